The van der Waals surface area contributed by atoms with Crippen LogP contribution in [0.5, 0.6) is 28.7 Å². The molecule has 0 saturated carbocycles. The lowest BCUT2D eigenvalue weighted by Crippen LogP contribution is -2.43. The molecule has 6 aromatic rings. The van der Waals surface area contributed by atoms with Gasteiger partial charge in [-0.2, -0.15) is 15.3 Å². The molecule has 79 heavy (non-hydrogen) atoms. The smallest absolute Gasteiger partial charge is 0.346 e. The molecule has 0 spiro atoms. The fourth-order valence-corrected chi connectivity index (χ4v) is 14.1. The van der Waals surface area contributed by atoms with Gasteiger partial charge in [-0.1, -0.05) is 39.1 Å². The van der Waals surface area contributed by atoms with Crippen molar-refractivity contribution < 1.29 is 62.2 Å². The van der Waals surface area contributed by atoms with E-state index < -0.39 is 46.4 Å². The number of rotatable bonds is 11. The number of hydrogen-bond donors (Lipinski definition) is 0. The van der Waals surface area contributed by atoms with Gasteiger partial charge in [-0.15, -0.1) is 0 Å². The molecule has 0 radical (unpaired) electrons. The predicted molar refractivity (Wildman–Crippen MR) is 305 cm³/mol. The van der Waals surface area contributed by atoms with E-state index in [1.165, 1.54) is 54.2 Å². The largest absolute Gasteiger partial charge is 0.493 e. The minimum atomic E-state index is -3.08. The van der Waals surface area contributed by atoms with Gasteiger partial charge in [0.25, 0.3) is 0 Å². The Morgan fingerprint density at radius 2 is 1.00 bits per heavy atom. The Kier molecular flexibility index (Phi) is 19.0. The highest BCUT2D eigenvalue weighted by atomic mass is 79.9. The van der Waals surface area contributed by atoms with Crippen molar-refractivity contribution in [3.8, 4) is 28.7 Å². The highest BCUT2D eigenvalue weighted by Crippen LogP contribution is 2.45. The summed E-state index contributed by atoms with van der Waals surface area (Å²) in [5, 5.41) is 19.7. The van der Waals surface area contributed by atoms with Gasteiger partial charge in [-0.3, -0.25) is 15.0 Å². The third-order valence-corrected chi connectivity index (χ3v) is 19.4. The van der Waals surface area contributed by atoms with Gasteiger partial charge in [0.2, 0.25) is 11.5 Å². The van der Waals surface area contributed by atoms with Crippen LogP contribution in [0, 0.1) is 0 Å². The first kappa shape index (κ1) is 60.3. The Balaban J connectivity index is 0.000000172. The van der Waals surface area contributed by atoms with E-state index in [-0.39, 0.29) is 110 Å². The lowest BCUT2D eigenvalue weighted by Gasteiger charge is -2.30. The van der Waals surface area contributed by atoms with Crippen molar-refractivity contribution in [1.29, 1.82) is 0 Å². The normalized spacial score (nSPS) is 19.8. The molecule has 0 N–H and O–H groups in total. The number of ether oxygens (including phenoxy) is 5. The molecule has 3 unspecified atom stereocenters. The van der Waals surface area contributed by atoms with Gasteiger partial charge in [0.05, 0.1) is 153 Å². The molecular formula is C50H55BrCl2N6O17S3. The molecule has 6 heterocycles. The molecule has 0 bridgehead atoms. The van der Waals surface area contributed by atoms with Gasteiger partial charge >= 0.3 is 16.9 Å². The number of fused-ring (bicyclic) bond motifs is 3. The summed E-state index contributed by atoms with van der Waals surface area (Å²) in [6.45, 7) is 6.12. The van der Waals surface area contributed by atoms with Crippen molar-refractivity contribution in [2.24, 2.45) is 15.3 Å². The van der Waals surface area contributed by atoms with Gasteiger partial charge in [0, 0.05) is 26.7 Å². The molecule has 3 aromatic carbocycles. The predicted octanol–water partition coefficient (Wildman–Crippen LogP) is 5.85. The molecule has 9 rings (SSSR count). The Labute approximate surface area is 472 Å². The molecule has 23 nitrogen and oxygen atoms in total. The molecule has 0 amide bonds. The van der Waals surface area contributed by atoms with Crippen LogP contribution in [0.2, 0.25) is 10.0 Å². The topological polar surface area (TPSA) is 286 Å². The monoisotopic (exact) mass is 1260 g/mol. The summed E-state index contributed by atoms with van der Waals surface area (Å²) in [6, 6.07) is 10.9. The van der Waals surface area contributed by atoms with E-state index in [0.29, 0.717) is 51.1 Å². The summed E-state index contributed by atoms with van der Waals surface area (Å²) in [5.41, 5.74) is -0.502. The number of hydrazone groups is 3. The molecule has 3 aromatic heterocycles. The van der Waals surface area contributed by atoms with Gasteiger partial charge < -0.3 is 36.9 Å². The lowest BCUT2D eigenvalue weighted by molar-refractivity contribution is 0.239. The lowest BCUT2D eigenvalue weighted by atomic mass is 10.1. The number of nitrogens with zero attached hydrogens (tertiary/aromatic N) is 6. The van der Waals surface area contributed by atoms with Crippen molar-refractivity contribution in [2.45, 2.75) is 38.9 Å². The first-order valence-corrected chi connectivity index (χ1v) is 30.9. The minimum absolute atomic E-state index is 0.00140. The third kappa shape index (κ3) is 14.1. The van der Waals surface area contributed by atoms with Crippen LogP contribution < -0.4 is 40.6 Å². The molecule has 3 atom stereocenters. The fourth-order valence-electron chi connectivity index (χ4n) is 8.58. The van der Waals surface area contributed by atoms with E-state index in [4.69, 9.17) is 60.1 Å². The number of methoxy groups -OCH3 is 5. The maximum absolute atomic E-state index is 12.5. The maximum Gasteiger partial charge on any atom is 0.346 e. The van der Waals surface area contributed by atoms with Crippen molar-refractivity contribution in [3.63, 3.8) is 0 Å². The summed E-state index contributed by atoms with van der Waals surface area (Å²) in [7, 11) is -1.79. The fraction of sp³-hybridized carbons (Fsp3) is 0.400. The van der Waals surface area contributed by atoms with Crippen LogP contribution in [0.4, 0.5) is 0 Å². The van der Waals surface area contributed by atoms with Gasteiger partial charge in [0.15, 0.2) is 52.3 Å². The van der Waals surface area contributed by atoms with Crippen LogP contribution in [-0.2, 0) is 29.5 Å². The average Bonchev–Trinajstić information content (AvgIpc) is 3.45. The van der Waals surface area contributed by atoms with E-state index >= 15 is 0 Å². The van der Waals surface area contributed by atoms with E-state index in [9.17, 15) is 39.6 Å². The van der Waals surface area contributed by atoms with E-state index in [1.54, 1.807) is 78.3 Å². The first-order chi connectivity index (χ1) is 37.3. The van der Waals surface area contributed by atoms with Crippen LogP contribution in [0.15, 0.2) is 89.9 Å². The highest BCUT2D eigenvalue weighted by Gasteiger charge is 2.30. The number of halogens is 3. The molecule has 29 heteroatoms. The minimum Gasteiger partial charge on any atom is -0.493 e. The van der Waals surface area contributed by atoms with Crippen molar-refractivity contribution in [2.75, 3.05) is 89.7 Å². The van der Waals surface area contributed by atoms with Crippen molar-refractivity contribution in [3.05, 3.63) is 105 Å². The second-order valence-corrected chi connectivity index (χ2v) is 26.6. The summed E-state index contributed by atoms with van der Waals surface area (Å²) >= 11 is 16.2. The molecule has 0 aliphatic carbocycles. The zero-order valence-corrected chi connectivity index (χ0v) is 49.4. The second kappa shape index (κ2) is 25.0. The molecule has 3 aliphatic rings. The van der Waals surface area contributed by atoms with Crippen LogP contribution >= 0.6 is 39.1 Å². The molecule has 3 fully saturated rings. The van der Waals surface area contributed by atoms with Gasteiger partial charge in [-0.05, 0) is 57.2 Å². The third-order valence-electron chi connectivity index (χ3n) is 12.7. The summed E-state index contributed by atoms with van der Waals surface area (Å²) in [6.07, 6.45) is 4.02. The highest BCUT2D eigenvalue weighted by molar-refractivity contribution is 9.10. The Hall–Kier alpha value is -6.39. The first-order valence-electron chi connectivity index (χ1n) is 23.9. The number of benzene rings is 3. The SMILES string of the molecule is CC1CS(=O)(=O)CCN1N=Cc1c(Cl)c2cc(Br)ccc2oc1=O.COc1cc2c(Cl)c(C=NN3CCS(=O)(=O)CC3C)c(=O)oc2c(OC)c1OC.COc1cc2cc(C=NN3CCS(=O)(=O)CC3C)c(=O)oc2cc1OC. The molecule has 3 saturated heterocycles. The van der Waals surface area contributed by atoms with Gasteiger partial charge in [-0.25, -0.2) is 39.6 Å². The number of sulfone groups is 3. The van der Waals surface area contributed by atoms with Crippen LogP contribution in [0.1, 0.15) is 37.5 Å². The van der Waals surface area contributed by atoms with E-state index in [2.05, 4.69) is 31.2 Å². The van der Waals surface area contributed by atoms with E-state index in [0.717, 1.165) is 4.47 Å². The second-order valence-electron chi connectivity index (χ2n) is 18.2. The summed E-state index contributed by atoms with van der Waals surface area (Å²) in [4.78, 5) is 36.9. The van der Waals surface area contributed by atoms with Crippen molar-refractivity contribution in [1.82, 2.24) is 15.0 Å². The van der Waals surface area contributed by atoms with Crippen LogP contribution in [-0.4, -0.2) is 167 Å². The molecule has 426 valence electrons. The average molecular weight is 1260 g/mol. The van der Waals surface area contributed by atoms with Gasteiger partial charge in [0.1, 0.15) is 11.2 Å². The quantitative estimate of drug-likeness (QED) is 0.109. The van der Waals surface area contributed by atoms with Crippen molar-refractivity contribution >= 4 is 120 Å². The number of hydrogen-bond acceptors (Lipinski definition) is 23. The molecular weight excluding hydrogens is 1200 g/mol. The van der Waals surface area contributed by atoms with Crippen LogP contribution in [0.25, 0.3) is 32.9 Å². The summed E-state index contributed by atoms with van der Waals surface area (Å²) in [5.74, 6) is 1.97. The van der Waals surface area contributed by atoms with E-state index in [1.807, 2.05) is 0 Å². The Morgan fingerprint density at radius 3 is 1.48 bits per heavy atom. The summed E-state index contributed by atoms with van der Waals surface area (Å²) < 4.78 is 113. The Bertz CT molecular complexity index is 3930. The standard InChI is InChI=1S/C18H21ClN2O7S.C17H20N2O6S.C15H14BrClN2O4S/c1-10-9-29(23,24)6-5-21(10)20-8-12-14(19)11-7-13(25-2)16(26-3)17(27-4)15(11)28-18(12)22;1-11-10-26(21,22)5-4-19(11)18-9-13-6-12-7-15(23-2)16(24-3)8-14(12)25-17(13)20;1-9-8-24(21,22)5-4-19(9)18-7-12-14(17)11-6-10(16)2-3-13(11)23-15(12)20/h7-8,10H,5-6,9H2,1-4H3;6-9,11H,4-5,10H2,1-3H3;2-3,6-7,9H,4-5,8H2,1H3. The van der Waals surface area contributed by atoms with Crippen LogP contribution in [0.3, 0.4) is 0 Å². The molecule has 3 aliphatic heterocycles. The zero-order valence-electron chi connectivity index (χ0n) is 43.9. The zero-order chi connectivity index (χ0) is 57.7. The Morgan fingerprint density at radius 1 is 0.544 bits per heavy atom. The maximum atomic E-state index is 12.5.